The van der Waals surface area contributed by atoms with Gasteiger partial charge in [-0.25, -0.2) is 0 Å². The molecule has 2 aromatic rings. The number of hydrogen-bond donors (Lipinski definition) is 0. The summed E-state index contributed by atoms with van der Waals surface area (Å²) >= 11 is 0. The van der Waals surface area contributed by atoms with Gasteiger partial charge in [-0.15, -0.1) is 0 Å². The molecule has 0 aliphatic carbocycles. The summed E-state index contributed by atoms with van der Waals surface area (Å²) in [5.41, 5.74) is 2.91. The molecular weight excluding hydrogens is 372 g/mol. The Kier molecular flexibility index (Phi) is 13.7. The van der Waals surface area contributed by atoms with Gasteiger partial charge in [-0.2, -0.15) is 0 Å². The van der Waals surface area contributed by atoms with Gasteiger partial charge in [0.1, 0.15) is 0 Å². The highest BCUT2D eigenvalue weighted by molar-refractivity contribution is 5.86. The van der Waals surface area contributed by atoms with Crippen LogP contribution in [0.25, 0.3) is 10.8 Å². The largest absolute Gasteiger partial charge is 0.0654 e. The van der Waals surface area contributed by atoms with Crippen molar-refractivity contribution in [1.29, 1.82) is 0 Å². The van der Waals surface area contributed by atoms with E-state index in [0.29, 0.717) is 5.92 Å². The van der Waals surface area contributed by atoms with Crippen LogP contribution in [0.15, 0.2) is 36.4 Å². The van der Waals surface area contributed by atoms with Gasteiger partial charge < -0.3 is 0 Å². The van der Waals surface area contributed by atoms with E-state index in [1.165, 1.54) is 125 Å². The first-order chi connectivity index (χ1) is 15.2. The molecule has 0 saturated heterocycles. The Hall–Kier alpha value is -1.30. The standard InChI is InChI=1S/C31H50/c1-4-5-6-7-8-9-10-11-12-13-14-15-16-17-18-19-21-28(3)30-23-20-22-29-25-24-27(2)26-31(29)30/h20,22-26,28H,4-19,21H2,1-3H3. The Labute approximate surface area is 194 Å². The molecule has 0 heterocycles. The monoisotopic (exact) mass is 422 g/mol. The first-order valence-electron chi connectivity index (χ1n) is 13.7. The van der Waals surface area contributed by atoms with Gasteiger partial charge in [0, 0.05) is 0 Å². The molecule has 0 nitrogen and oxygen atoms in total. The van der Waals surface area contributed by atoms with Gasteiger partial charge in [0.2, 0.25) is 0 Å². The van der Waals surface area contributed by atoms with Crippen molar-refractivity contribution >= 4 is 10.8 Å². The fourth-order valence-electron chi connectivity index (χ4n) is 4.99. The van der Waals surface area contributed by atoms with Crippen LogP contribution < -0.4 is 0 Å². The Morgan fingerprint density at radius 3 is 1.68 bits per heavy atom. The molecule has 31 heavy (non-hydrogen) atoms. The van der Waals surface area contributed by atoms with E-state index in [9.17, 15) is 0 Å². The van der Waals surface area contributed by atoms with Crippen LogP contribution in [0.3, 0.4) is 0 Å². The predicted octanol–water partition coefficient (Wildman–Crippen LogP) is 10.9. The summed E-state index contributed by atoms with van der Waals surface area (Å²) in [6.45, 7) is 6.92. The average molecular weight is 423 g/mol. The normalized spacial score (nSPS) is 12.5. The van der Waals surface area contributed by atoms with E-state index in [1.54, 1.807) is 5.56 Å². The second kappa shape index (κ2) is 16.3. The van der Waals surface area contributed by atoms with Crippen molar-refractivity contribution in [2.75, 3.05) is 0 Å². The first kappa shape index (κ1) is 26.0. The Balaban J connectivity index is 1.44. The van der Waals surface area contributed by atoms with Crippen molar-refractivity contribution < 1.29 is 0 Å². The summed E-state index contributed by atoms with van der Waals surface area (Å²) in [6, 6.07) is 13.7. The maximum absolute atomic E-state index is 2.42. The Morgan fingerprint density at radius 1 is 0.613 bits per heavy atom. The maximum Gasteiger partial charge on any atom is -0.0147 e. The first-order valence-corrected chi connectivity index (χ1v) is 13.7. The van der Waals surface area contributed by atoms with Crippen molar-refractivity contribution in [2.24, 2.45) is 0 Å². The van der Waals surface area contributed by atoms with Crippen molar-refractivity contribution in [3.8, 4) is 0 Å². The van der Waals surface area contributed by atoms with Crippen molar-refractivity contribution in [2.45, 2.75) is 136 Å². The summed E-state index contributed by atoms with van der Waals surface area (Å²) in [5.74, 6) is 0.664. The molecule has 0 N–H and O–H groups in total. The van der Waals surface area contributed by atoms with Crippen molar-refractivity contribution in [3.63, 3.8) is 0 Å². The minimum atomic E-state index is 0.664. The third-order valence-corrected chi connectivity index (χ3v) is 7.09. The maximum atomic E-state index is 2.42. The number of benzene rings is 2. The fraction of sp³-hybridized carbons (Fsp3) is 0.677. The molecule has 0 aromatic heterocycles. The highest BCUT2D eigenvalue weighted by atomic mass is 14.1. The van der Waals surface area contributed by atoms with Crippen LogP contribution in [0.2, 0.25) is 0 Å². The molecule has 2 rings (SSSR count). The molecule has 0 saturated carbocycles. The van der Waals surface area contributed by atoms with Crippen molar-refractivity contribution in [1.82, 2.24) is 0 Å². The zero-order valence-corrected chi connectivity index (χ0v) is 21.1. The van der Waals surface area contributed by atoms with Gasteiger partial charge in [0.25, 0.3) is 0 Å². The minimum Gasteiger partial charge on any atom is -0.0654 e. The molecule has 174 valence electrons. The van der Waals surface area contributed by atoms with E-state index >= 15 is 0 Å². The summed E-state index contributed by atoms with van der Waals surface area (Å²) < 4.78 is 0. The molecule has 0 aliphatic rings. The van der Waals surface area contributed by atoms with Gasteiger partial charge >= 0.3 is 0 Å². The number of unbranched alkanes of at least 4 members (excludes halogenated alkanes) is 15. The molecule has 0 fully saturated rings. The van der Waals surface area contributed by atoms with E-state index in [1.807, 2.05) is 0 Å². The van der Waals surface area contributed by atoms with Gasteiger partial charge in [-0.1, -0.05) is 159 Å². The van der Waals surface area contributed by atoms with Gasteiger partial charge in [0.05, 0.1) is 0 Å². The van der Waals surface area contributed by atoms with Gasteiger partial charge in [-0.3, -0.25) is 0 Å². The molecule has 1 atom stereocenters. The van der Waals surface area contributed by atoms with Gasteiger partial charge in [0.15, 0.2) is 0 Å². The highest BCUT2D eigenvalue weighted by Gasteiger charge is 2.09. The zero-order valence-electron chi connectivity index (χ0n) is 21.1. The molecule has 2 aromatic carbocycles. The number of aryl methyl sites for hydroxylation is 1. The topological polar surface area (TPSA) is 0 Å². The molecule has 0 amide bonds. The molecule has 0 radical (unpaired) electrons. The average Bonchev–Trinajstić information content (AvgIpc) is 2.78. The van der Waals surface area contributed by atoms with E-state index in [2.05, 4.69) is 57.2 Å². The Bertz CT molecular complexity index is 698. The summed E-state index contributed by atoms with van der Waals surface area (Å²) in [4.78, 5) is 0. The van der Waals surface area contributed by atoms with Crippen LogP contribution in [0.1, 0.15) is 140 Å². The van der Waals surface area contributed by atoms with Crippen LogP contribution in [0, 0.1) is 6.92 Å². The number of hydrogen-bond acceptors (Lipinski definition) is 0. The lowest BCUT2D eigenvalue weighted by Gasteiger charge is -2.15. The smallest absolute Gasteiger partial charge is 0.0147 e. The number of rotatable bonds is 18. The minimum absolute atomic E-state index is 0.664. The lowest BCUT2D eigenvalue weighted by molar-refractivity contribution is 0.521. The predicted molar refractivity (Wildman–Crippen MR) is 141 cm³/mol. The molecule has 0 bridgehead atoms. The fourth-order valence-corrected chi connectivity index (χ4v) is 4.99. The van der Waals surface area contributed by atoms with E-state index in [4.69, 9.17) is 0 Å². The third-order valence-electron chi connectivity index (χ3n) is 7.09. The SMILES string of the molecule is CCCCCCCCCCCCCCCCCCC(C)c1cccc2ccc(C)cc12. The summed E-state index contributed by atoms with van der Waals surface area (Å²) in [5, 5.41) is 2.86. The van der Waals surface area contributed by atoms with E-state index < -0.39 is 0 Å². The molecule has 0 heteroatoms. The molecule has 0 spiro atoms. The quantitative estimate of drug-likeness (QED) is 0.209. The summed E-state index contributed by atoms with van der Waals surface area (Å²) in [6.07, 6.45) is 24.4. The summed E-state index contributed by atoms with van der Waals surface area (Å²) in [7, 11) is 0. The zero-order chi connectivity index (χ0) is 22.2. The van der Waals surface area contributed by atoms with Crippen LogP contribution in [-0.2, 0) is 0 Å². The second-order valence-electron chi connectivity index (χ2n) is 10.1. The van der Waals surface area contributed by atoms with Crippen LogP contribution in [0.4, 0.5) is 0 Å². The molecule has 0 aliphatic heterocycles. The lowest BCUT2D eigenvalue weighted by Crippen LogP contribution is -1.95. The van der Waals surface area contributed by atoms with E-state index in [-0.39, 0.29) is 0 Å². The van der Waals surface area contributed by atoms with Crippen LogP contribution in [-0.4, -0.2) is 0 Å². The number of fused-ring (bicyclic) bond motifs is 1. The van der Waals surface area contributed by atoms with Crippen LogP contribution in [0.5, 0.6) is 0 Å². The highest BCUT2D eigenvalue weighted by Crippen LogP contribution is 2.30. The third kappa shape index (κ3) is 10.7. The second-order valence-corrected chi connectivity index (χ2v) is 10.1. The van der Waals surface area contributed by atoms with Crippen LogP contribution >= 0.6 is 0 Å². The van der Waals surface area contributed by atoms with E-state index in [0.717, 1.165) is 0 Å². The van der Waals surface area contributed by atoms with Gasteiger partial charge in [-0.05, 0) is 35.6 Å². The molecular formula is C31H50. The lowest BCUT2D eigenvalue weighted by atomic mass is 9.90. The van der Waals surface area contributed by atoms with Crippen molar-refractivity contribution in [3.05, 3.63) is 47.5 Å². The molecule has 1 unspecified atom stereocenters. The Morgan fingerprint density at radius 2 is 1.13 bits per heavy atom.